The molecule has 180 valence electrons. The summed E-state index contributed by atoms with van der Waals surface area (Å²) in [7, 11) is 0. The van der Waals surface area contributed by atoms with Gasteiger partial charge in [-0.05, 0) is 68.9 Å². The quantitative estimate of drug-likeness (QED) is 0.657. The Morgan fingerprint density at radius 2 is 1.53 bits per heavy atom. The van der Waals surface area contributed by atoms with Gasteiger partial charge in [-0.3, -0.25) is 15.1 Å². The van der Waals surface area contributed by atoms with Gasteiger partial charge in [-0.15, -0.1) is 0 Å². The Balaban J connectivity index is 1.33. The van der Waals surface area contributed by atoms with Gasteiger partial charge in [0.05, 0.1) is 11.0 Å². The first kappa shape index (κ1) is 22.0. The molecule has 4 bridgehead atoms. The standard InChI is InChI=1S/C27H34N4O3/c28-24(27(33)34)25-26(32)31(23-8-4-3-7-22(23)29-25)21-14-18-9-10-19(15-21)30(18)20-12-16-5-1-2-6-17(11-16)13-20/h3-4,7-8,16-21,28H,1-2,5-6,9-15H2,(H,33,34). The number of rotatable bonds is 4. The predicted molar refractivity (Wildman–Crippen MR) is 130 cm³/mol. The fourth-order valence-electron chi connectivity index (χ4n) is 7.88. The van der Waals surface area contributed by atoms with Crippen molar-refractivity contribution in [1.29, 1.82) is 5.41 Å². The molecule has 34 heavy (non-hydrogen) atoms. The summed E-state index contributed by atoms with van der Waals surface area (Å²) in [6.45, 7) is 0. The SMILES string of the molecule is N=C(C(=O)O)c1nc2ccccc2n(C2CC3CCC(C2)N3C2CC3CCCCC(C3)C2)c1=O. The molecule has 7 nitrogen and oxygen atoms in total. The van der Waals surface area contributed by atoms with Crippen molar-refractivity contribution in [3.63, 3.8) is 0 Å². The zero-order valence-electron chi connectivity index (χ0n) is 19.7. The zero-order valence-corrected chi connectivity index (χ0v) is 19.7. The van der Waals surface area contributed by atoms with Crippen LogP contribution >= 0.6 is 0 Å². The van der Waals surface area contributed by atoms with Crippen molar-refractivity contribution in [1.82, 2.24) is 14.5 Å². The Morgan fingerprint density at radius 1 is 0.882 bits per heavy atom. The Bertz CT molecular complexity index is 1160. The lowest BCUT2D eigenvalue weighted by atomic mass is 9.76. The summed E-state index contributed by atoms with van der Waals surface area (Å²) < 4.78 is 1.78. The summed E-state index contributed by atoms with van der Waals surface area (Å²) in [6, 6.07) is 9.10. The molecule has 4 fully saturated rings. The van der Waals surface area contributed by atoms with Crippen LogP contribution in [-0.4, -0.2) is 49.4 Å². The van der Waals surface area contributed by atoms with E-state index in [-0.39, 0.29) is 11.7 Å². The maximum Gasteiger partial charge on any atom is 0.356 e. The lowest BCUT2D eigenvalue weighted by molar-refractivity contribution is -0.129. The van der Waals surface area contributed by atoms with Gasteiger partial charge in [0.15, 0.2) is 11.4 Å². The van der Waals surface area contributed by atoms with Crippen molar-refractivity contribution in [2.45, 2.75) is 94.8 Å². The Labute approximate surface area is 199 Å². The molecule has 1 aromatic carbocycles. The summed E-state index contributed by atoms with van der Waals surface area (Å²) in [4.78, 5) is 32.1. The molecule has 2 saturated carbocycles. The van der Waals surface area contributed by atoms with Gasteiger partial charge in [-0.1, -0.05) is 37.8 Å². The maximum absolute atomic E-state index is 13.5. The first-order valence-electron chi connectivity index (χ1n) is 13.1. The van der Waals surface area contributed by atoms with Crippen LogP contribution in [0.1, 0.15) is 82.4 Å². The van der Waals surface area contributed by atoms with Gasteiger partial charge in [0.1, 0.15) is 0 Å². The highest BCUT2D eigenvalue weighted by Crippen LogP contribution is 2.47. The highest BCUT2D eigenvalue weighted by atomic mass is 16.4. The molecule has 7 heteroatoms. The van der Waals surface area contributed by atoms with Gasteiger partial charge in [-0.25, -0.2) is 9.78 Å². The summed E-state index contributed by atoms with van der Waals surface area (Å²) >= 11 is 0. The predicted octanol–water partition coefficient (Wildman–Crippen LogP) is 4.38. The zero-order chi connectivity index (χ0) is 23.4. The minimum atomic E-state index is -1.42. The number of benzene rings is 1. The van der Waals surface area contributed by atoms with Gasteiger partial charge in [-0.2, -0.15) is 0 Å². The van der Waals surface area contributed by atoms with E-state index in [1.807, 2.05) is 18.2 Å². The van der Waals surface area contributed by atoms with E-state index < -0.39 is 17.2 Å². The first-order valence-corrected chi connectivity index (χ1v) is 13.1. The van der Waals surface area contributed by atoms with Crippen LogP contribution in [0.25, 0.3) is 11.0 Å². The summed E-state index contributed by atoms with van der Waals surface area (Å²) in [5.41, 5.74) is -0.0927. The molecule has 1 aromatic heterocycles. The number of carbonyl (C=O) groups is 1. The van der Waals surface area contributed by atoms with Crippen LogP contribution in [0.3, 0.4) is 0 Å². The van der Waals surface area contributed by atoms with Crippen molar-refractivity contribution < 1.29 is 9.90 Å². The van der Waals surface area contributed by atoms with E-state index in [1.165, 1.54) is 57.8 Å². The topological polar surface area (TPSA) is 99.3 Å². The highest BCUT2D eigenvalue weighted by Gasteiger charge is 2.47. The molecule has 2 aromatic rings. The molecule has 0 amide bonds. The molecule has 4 atom stereocenters. The van der Waals surface area contributed by atoms with Crippen molar-refractivity contribution in [3.8, 4) is 0 Å². The molecule has 2 aliphatic heterocycles. The van der Waals surface area contributed by atoms with Crippen LogP contribution in [0.4, 0.5) is 0 Å². The van der Waals surface area contributed by atoms with Crippen LogP contribution in [-0.2, 0) is 4.79 Å². The van der Waals surface area contributed by atoms with Gasteiger partial charge in [0.25, 0.3) is 5.56 Å². The number of fused-ring (bicyclic) bond motifs is 5. The minimum Gasteiger partial charge on any atom is -0.476 e. The number of piperidine rings is 1. The molecule has 4 unspecified atom stereocenters. The third-order valence-electron chi connectivity index (χ3n) is 9.15. The summed E-state index contributed by atoms with van der Waals surface area (Å²) in [6.07, 6.45) is 13.9. The van der Waals surface area contributed by atoms with Crippen molar-refractivity contribution in [3.05, 3.63) is 40.3 Å². The number of hydrogen-bond acceptors (Lipinski definition) is 5. The number of aromatic nitrogens is 2. The number of nitrogens with zero attached hydrogens (tertiary/aromatic N) is 3. The van der Waals surface area contributed by atoms with E-state index in [0.29, 0.717) is 23.6 Å². The van der Waals surface area contributed by atoms with Crippen LogP contribution in [0.2, 0.25) is 0 Å². The van der Waals surface area contributed by atoms with E-state index in [0.717, 1.165) is 30.2 Å². The van der Waals surface area contributed by atoms with E-state index in [2.05, 4.69) is 9.88 Å². The van der Waals surface area contributed by atoms with Gasteiger partial charge < -0.3 is 9.67 Å². The average Bonchev–Trinajstić information content (AvgIpc) is 2.98. The van der Waals surface area contributed by atoms with Gasteiger partial charge in [0, 0.05) is 24.2 Å². The van der Waals surface area contributed by atoms with E-state index in [9.17, 15) is 14.7 Å². The Kier molecular flexibility index (Phi) is 5.55. The normalized spacial score (nSPS) is 33.5. The van der Waals surface area contributed by atoms with E-state index in [4.69, 9.17) is 5.41 Å². The van der Waals surface area contributed by atoms with Crippen molar-refractivity contribution >= 4 is 22.7 Å². The number of carboxylic acid groups (broad SMARTS) is 1. The first-order chi connectivity index (χ1) is 16.5. The average molecular weight is 463 g/mol. The number of carboxylic acids is 1. The van der Waals surface area contributed by atoms with E-state index >= 15 is 0 Å². The van der Waals surface area contributed by atoms with Crippen LogP contribution in [0.5, 0.6) is 0 Å². The van der Waals surface area contributed by atoms with Crippen molar-refractivity contribution in [2.75, 3.05) is 0 Å². The number of nitrogens with one attached hydrogen (secondary N) is 1. The summed E-state index contributed by atoms with van der Waals surface area (Å²) in [5.74, 6) is 0.361. The third-order valence-corrected chi connectivity index (χ3v) is 9.15. The number of aliphatic carboxylic acids is 1. The van der Waals surface area contributed by atoms with Crippen LogP contribution in [0.15, 0.2) is 29.1 Å². The second-order valence-electron chi connectivity index (χ2n) is 11.1. The lowest BCUT2D eigenvalue weighted by Crippen LogP contribution is -2.52. The second kappa shape index (κ2) is 8.59. The highest BCUT2D eigenvalue weighted by molar-refractivity contribution is 6.40. The Hall–Kier alpha value is -2.54. The maximum atomic E-state index is 13.5. The van der Waals surface area contributed by atoms with Gasteiger partial charge in [0.2, 0.25) is 0 Å². The molecular weight excluding hydrogens is 428 g/mol. The molecule has 0 radical (unpaired) electrons. The fraction of sp³-hybridized carbons (Fsp3) is 0.630. The largest absolute Gasteiger partial charge is 0.476 e. The third kappa shape index (κ3) is 3.69. The molecule has 6 rings (SSSR count). The second-order valence-corrected chi connectivity index (χ2v) is 11.1. The Morgan fingerprint density at radius 3 is 2.18 bits per heavy atom. The lowest BCUT2D eigenvalue weighted by Gasteiger charge is -2.48. The number of hydrogen-bond donors (Lipinski definition) is 2. The molecule has 3 heterocycles. The molecule has 2 aliphatic carbocycles. The fourth-order valence-corrected chi connectivity index (χ4v) is 7.88. The smallest absolute Gasteiger partial charge is 0.356 e. The minimum absolute atomic E-state index is 0.0142. The molecule has 2 saturated heterocycles. The van der Waals surface area contributed by atoms with E-state index in [1.54, 1.807) is 10.6 Å². The summed E-state index contributed by atoms with van der Waals surface area (Å²) in [5, 5.41) is 17.3. The molecule has 4 aliphatic rings. The van der Waals surface area contributed by atoms with Gasteiger partial charge >= 0.3 is 5.97 Å². The monoisotopic (exact) mass is 462 g/mol. The molecule has 2 N–H and O–H groups in total. The van der Waals surface area contributed by atoms with Crippen LogP contribution < -0.4 is 5.56 Å². The number of para-hydroxylation sites is 2. The molecular formula is C27H34N4O3. The molecule has 0 spiro atoms. The van der Waals surface area contributed by atoms with Crippen molar-refractivity contribution in [2.24, 2.45) is 11.8 Å². The van der Waals surface area contributed by atoms with Crippen LogP contribution in [0, 0.1) is 17.2 Å².